The number of carbonyl (C=O) groups is 1. The fourth-order valence-corrected chi connectivity index (χ4v) is 4.73. The van der Waals surface area contributed by atoms with E-state index in [9.17, 15) is 13.4 Å². The van der Waals surface area contributed by atoms with Crippen LogP contribution in [0.4, 0.5) is 4.39 Å². The smallest absolute Gasteiger partial charge is 0.257 e. The Hall–Kier alpha value is -3.45. The van der Waals surface area contributed by atoms with Crippen LogP contribution in [0.1, 0.15) is 37.5 Å². The summed E-state index contributed by atoms with van der Waals surface area (Å²) in [6.45, 7) is 6.57. The Morgan fingerprint density at radius 1 is 0.941 bits per heavy atom. The van der Waals surface area contributed by atoms with Gasteiger partial charge in [-0.05, 0) is 64.1 Å². The van der Waals surface area contributed by atoms with Gasteiger partial charge < -0.3 is 9.47 Å². The Labute approximate surface area is 201 Å². The summed E-state index contributed by atoms with van der Waals surface area (Å²) in [6, 6.07) is 17.8. The summed E-state index contributed by atoms with van der Waals surface area (Å²) >= 11 is 0. The Balaban J connectivity index is 1.59. The Kier molecular flexibility index (Phi) is 6.57. The van der Waals surface area contributed by atoms with Crippen LogP contribution in [-0.2, 0) is 27.8 Å². The molecule has 0 fully saturated rings. The summed E-state index contributed by atoms with van der Waals surface area (Å²) in [6.07, 6.45) is 1.34. The quantitative estimate of drug-likeness (QED) is 0.506. The summed E-state index contributed by atoms with van der Waals surface area (Å²) < 4.78 is 40.4. The predicted octanol–water partition coefficient (Wildman–Crippen LogP) is 5.51. The van der Waals surface area contributed by atoms with Crippen LogP contribution in [0, 0.1) is 5.82 Å². The number of hydrogen-bond acceptors (Lipinski definition) is 4. The number of ether oxygens (including phenoxy) is 2. The molecule has 5 nitrogen and oxygen atoms in total. The minimum absolute atomic E-state index is 0.189. The number of carbonyl (C=O) groups excluding carboxylic acids is 1. The Morgan fingerprint density at radius 3 is 2.26 bits per heavy atom. The molecule has 0 saturated heterocycles. The van der Waals surface area contributed by atoms with Crippen molar-refractivity contribution in [1.82, 2.24) is 4.72 Å². The number of rotatable bonds is 6. The standard InChI is InChI=1S/C27H26FNO4S/c1-27(2,3)23-11-5-17(13-21(23)22-14-20(32-4)10-12-24(22)28)16-33-19-8-6-18(7-9-19)25-15-26(30)29-34(25)31/h5-15H,16H2,1-4H3,(H,29,30). The van der Waals surface area contributed by atoms with Gasteiger partial charge in [-0.1, -0.05) is 45.0 Å². The molecule has 34 heavy (non-hydrogen) atoms. The van der Waals surface area contributed by atoms with Crippen LogP contribution in [0.15, 0.2) is 66.7 Å². The van der Waals surface area contributed by atoms with Crippen LogP contribution >= 0.6 is 0 Å². The second-order valence-electron chi connectivity index (χ2n) is 9.03. The maximum absolute atomic E-state index is 14.8. The molecule has 0 bridgehead atoms. The minimum Gasteiger partial charge on any atom is -0.497 e. The van der Waals surface area contributed by atoms with Crippen molar-refractivity contribution in [3.63, 3.8) is 0 Å². The van der Waals surface area contributed by atoms with Crippen LogP contribution < -0.4 is 14.2 Å². The van der Waals surface area contributed by atoms with Gasteiger partial charge in [-0.15, -0.1) is 0 Å². The van der Waals surface area contributed by atoms with Gasteiger partial charge in [0.2, 0.25) is 0 Å². The van der Waals surface area contributed by atoms with Gasteiger partial charge in [-0.3, -0.25) is 9.52 Å². The third-order valence-electron chi connectivity index (χ3n) is 5.56. The Morgan fingerprint density at radius 2 is 1.65 bits per heavy atom. The van der Waals surface area contributed by atoms with Gasteiger partial charge in [0.25, 0.3) is 5.91 Å². The molecule has 1 aliphatic rings. The summed E-state index contributed by atoms with van der Waals surface area (Å²) in [5, 5.41) is 0. The van der Waals surface area contributed by atoms with Crippen molar-refractivity contribution in [3.8, 4) is 22.6 Å². The first-order valence-electron chi connectivity index (χ1n) is 10.8. The van der Waals surface area contributed by atoms with E-state index in [4.69, 9.17) is 9.47 Å². The normalized spacial score (nSPS) is 15.6. The zero-order valence-electron chi connectivity index (χ0n) is 19.5. The number of benzene rings is 3. The molecule has 0 spiro atoms. The maximum Gasteiger partial charge on any atom is 0.257 e. The number of hydrogen-bond donors (Lipinski definition) is 1. The predicted molar refractivity (Wildman–Crippen MR) is 132 cm³/mol. The molecule has 1 N–H and O–H groups in total. The lowest BCUT2D eigenvalue weighted by molar-refractivity contribution is -0.114. The zero-order valence-corrected chi connectivity index (χ0v) is 20.3. The first kappa shape index (κ1) is 23.7. The minimum atomic E-state index is -1.54. The zero-order chi connectivity index (χ0) is 24.5. The van der Waals surface area contributed by atoms with Crippen molar-refractivity contribution in [2.24, 2.45) is 0 Å². The lowest BCUT2D eigenvalue weighted by Crippen LogP contribution is -2.16. The van der Waals surface area contributed by atoms with E-state index in [1.54, 1.807) is 43.5 Å². The van der Waals surface area contributed by atoms with Crippen molar-refractivity contribution in [2.75, 3.05) is 7.11 Å². The number of amides is 1. The lowest BCUT2D eigenvalue weighted by Gasteiger charge is -2.24. The molecule has 1 unspecified atom stereocenters. The molecule has 4 rings (SSSR count). The van der Waals surface area contributed by atoms with E-state index in [0.717, 1.165) is 16.7 Å². The molecule has 1 amide bonds. The van der Waals surface area contributed by atoms with Gasteiger partial charge in [0, 0.05) is 11.6 Å². The number of nitrogens with one attached hydrogen (secondary N) is 1. The van der Waals surface area contributed by atoms with Crippen molar-refractivity contribution in [3.05, 3.63) is 89.2 Å². The second-order valence-corrected chi connectivity index (χ2v) is 10.2. The third kappa shape index (κ3) is 5.04. The third-order valence-corrected chi connectivity index (χ3v) is 6.69. The largest absolute Gasteiger partial charge is 0.497 e. The fourth-order valence-electron chi connectivity index (χ4n) is 3.82. The summed E-state index contributed by atoms with van der Waals surface area (Å²) in [7, 11) is 0.0263. The van der Waals surface area contributed by atoms with Crippen molar-refractivity contribution in [1.29, 1.82) is 0 Å². The average Bonchev–Trinajstić information content (AvgIpc) is 3.15. The van der Waals surface area contributed by atoms with Gasteiger partial charge in [0.15, 0.2) is 11.0 Å². The maximum atomic E-state index is 14.8. The van der Waals surface area contributed by atoms with Gasteiger partial charge in [-0.2, -0.15) is 0 Å². The van der Waals surface area contributed by atoms with E-state index >= 15 is 0 Å². The highest BCUT2D eigenvalue weighted by atomic mass is 32.2. The molecular weight excluding hydrogens is 453 g/mol. The van der Waals surface area contributed by atoms with E-state index in [2.05, 4.69) is 25.5 Å². The van der Waals surface area contributed by atoms with Gasteiger partial charge in [0.1, 0.15) is 23.9 Å². The van der Waals surface area contributed by atoms with Crippen molar-refractivity contribution in [2.45, 2.75) is 32.8 Å². The van der Waals surface area contributed by atoms with E-state index < -0.39 is 11.0 Å². The second kappa shape index (κ2) is 9.43. The van der Waals surface area contributed by atoms with Crippen LogP contribution in [0.25, 0.3) is 16.0 Å². The molecule has 176 valence electrons. The van der Waals surface area contributed by atoms with Crippen LogP contribution in [-0.4, -0.2) is 17.2 Å². The highest BCUT2D eigenvalue weighted by Gasteiger charge is 2.22. The molecule has 3 aromatic carbocycles. The van der Waals surface area contributed by atoms with Crippen molar-refractivity contribution < 1.29 is 22.9 Å². The van der Waals surface area contributed by atoms with E-state index in [0.29, 0.717) is 27.5 Å². The molecule has 0 saturated carbocycles. The average molecular weight is 480 g/mol. The van der Waals surface area contributed by atoms with Gasteiger partial charge in [0.05, 0.1) is 12.0 Å². The monoisotopic (exact) mass is 479 g/mol. The number of halogens is 1. The Bertz CT molecular complexity index is 1290. The van der Waals surface area contributed by atoms with Gasteiger partial charge in [-0.25, -0.2) is 8.60 Å². The first-order valence-corrected chi connectivity index (χ1v) is 12.0. The first-order chi connectivity index (χ1) is 16.2. The van der Waals surface area contributed by atoms with Crippen LogP contribution in [0.3, 0.4) is 0 Å². The van der Waals surface area contributed by atoms with Crippen molar-refractivity contribution >= 4 is 21.8 Å². The molecule has 3 aromatic rings. The summed E-state index contributed by atoms with van der Waals surface area (Å²) in [5.74, 6) is 0.539. The van der Waals surface area contributed by atoms with Crippen LogP contribution in [0.5, 0.6) is 11.5 Å². The highest BCUT2D eigenvalue weighted by molar-refractivity contribution is 7.93. The molecule has 0 aromatic heterocycles. The molecular formula is C27H26FNO4S. The fraction of sp³-hybridized carbons (Fsp3) is 0.222. The molecule has 1 heterocycles. The van der Waals surface area contributed by atoms with Gasteiger partial charge >= 0.3 is 0 Å². The molecule has 0 aliphatic carbocycles. The number of methoxy groups -OCH3 is 1. The van der Waals surface area contributed by atoms with E-state index in [-0.39, 0.29) is 23.7 Å². The molecule has 1 atom stereocenters. The summed E-state index contributed by atoms with van der Waals surface area (Å²) in [4.78, 5) is 11.8. The van der Waals surface area contributed by atoms with E-state index in [1.165, 1.54) is 12.1 Å². The van der Waals surface area contributed by atoms with E-state index in [1.807, 2.05) is 18.2 Å². The topological polar surface area (TPSA) is 64.6 Å². The SMILES string of the molecule is COc1ccc(F)c(-c2cc(COc3ccc(C4=CC(=O)NS4=O)cc3)ccc2C(C)(C)C)c1. The molecule has 0 radical (unpaired) electrons. The highest BCUT2D eigenvalue weighted by Crippen LogP contribution is 2.37. The molecule has 1 aliphatic heterocycles. The molecule has 7 heteroatoms. The lowest BCUT2D eigenvalue weighted by atomic mass is 9.81. The van der Waals surface area contributed by atoms with Crippen LogP contribution in [0.2, 0.25) is 0 Å². The summed E-state index contributed by atoms with van der Waals surface area (Å²) in [5.41, 5.74) is 3.70.